The molecule has 34 heavy (non-hydrogen) atoms. The molecule has 0 aromatic heterocycles. The SMILES string of the molecule is CCCCNC(=O)N1CCN(c2ccc(NS(=O)(=O)CC34CCC(CC3=O)C4(C)C)cc2)CC1. The fraction of sp³-hybridized carbons (Fsp3) is 0.680. The van der Waals surface area contributed by atoms with Gasteiger partial charge in [-0.15, -0.1) is 0 Å². The zero-order valence-electron chi connectivity index (χ0n) is 20.6. The van der Waals surface area contributed by atoms with Gasteiger partial charge >= 0.3 is 6.03 Å². The summed E-state index contributed by atoms with van der Waals surface area (Å²) in [6.45, 7) is 9.67. The lowest BCUT2D eigenvalue weighted by molar-refractivity contribution is -0.128. The number of sulfonamides is 1. The van der Waals surface area contributed by atoms with Gasteiger partial charge in [-0.3, -0.25) is 9.52 Å². The third-order valence-electron chi connectivity index (χ3n) is 8.45. The highest BCUT2D eigenvalue weighted by Crippen LogP contribution is 2.64. The maximum atomic E-state index is 13.0. The van der Waals surface area contributed by atoms with Crippen molar-refractivity contribution in [2.45, 2.75) is 52.9 Å². The summed E-state index contributed by atoms with van der Waals surface area (Å²) in [4.78, 5) is 29.0. The predicted octanol–water partition coefficient (Wildman–Crippen LogP) is 3.46. The minimum absolute atomic E-state index is 0.00479. The molecule has 1 saturated heterocycles. The molecule has 0 radical (unpaired) electrons. The Morgan fingerprint density at radius 3 is 2.35 bits per heavy atom. The lowest BCUT2D eigenvalue weighted by Crippen LogP contribution is -2.52. The van der Waals surface area contributed by atoms with Crippen molar-refractivity contribution >= 4 is 33.2 Å². The first-order valence-corrected chi connectivity index (χ1v) is 14.1. The number of nitrogens with one attached hydrogen (secondary N) is 2. The van der Waals surface area contributed by atoms with Gasteiger partial charge in [0, 0.05) is 50.5 Å². The van der Waals surface area contributed by atoms with Gasteiger partial charge in [0.05, 0.1) is 11.2 Å². The van der Waals surface area contributed by atoms with Crippen molar-refractivity contribution in [1.29, 1.82) is 0 Å². The lowest BCUT2D eigenvalue weighted by atomic mass is 9.70. The Labute approximate surface area is 203 Å². The van der Waals surface area contributed by atoms with E-state index in [0.29, 0.717) is 38.2 Å². The second-order valence-corrected chi connectivity index (χ2v) is 12.4. The van der Waals surface area contributed by atoms with Crippen LogP contribution >= 0.6 is 0 Å². The number of amides is 2. The first kappa shape index (κ1) is 24.8. The Morgan fingerprint density at radius 2 is 1.79 bits per heavy atom. The van der Waals surface area contributed by atoms with E-state index in [9.17, 15) is 18.0 Å². The Morgan fingerprint density at radius 1 is 1.12 bits per heavy atom. The average Bonchev–Trinajstić information content (AvgIpc) is 3.13. The van der Waals surface area contributed by atoms with Gasteiger partial charge in [0.1, 0.15) is 5.78 Å². The van der Waals surface area contributed by atoms with E-state index in [0.717, 1.165) is 38.0 Å². The maximum Gasteiger partial charge on any atom is 0.317 e. The second kappa shape index (κ2) is 9.40. The summed E-state index contributed by atoms with van der Waals surface area (Å²) in [5, 5.41) is 2.96. The molecule has 1 aromatic carbocycles. The molecule has 2 atom stereocenters. The van der Waals surface area contributed by atoms with E-state index < -0.39 is 15.4 Å². The van der Waals surface area contributed by atoms with Crippen LogP contribution in [0.3, 0.4) is 0 Å². The van der Waals surface area contributed by atoms with E-state index in [1.54, 1.807) is 12.1 Å². The smallest absolute Gasteiger partial charge is 0.317 e. The Kier molecular flexibility index (Phi) is 6.86. The van der Waals surface area contributed by atoms with Crippen LogP contribution in [0.25, 0.3) is 0 Å². The fourth-order valence-electron chi connectivity index (χ4n) is 6.04. The Balaban J connectivity index is 1.33. The molecule has 3 aliphatic rings. The van der Waals surface area contributed by atoms with Crippen molar-refractivity contribution in [2.24, 2.45) is 16.7 Å². The van der Waals surface area contributed by atoms with E-state index in [2.05, 4.69) is 35.7 Å². The fourth-order valence-corrected chi connectivity index (χ4v) is 7.93. The normalized spacial score (nSPS) is 26.1. The van der Waals surface area contributed by atoms with Gasteiger partial charge in [0.25, 0.3) is 0 Å². The number of fused-ring (bicyclic) bond motifs is 2. The Bertz CT molecular complexity index is 1020. The molecule has 4 rings (SSSR count). The van der Waals surface area contributed by atoms with E-state index in [1.165, 1.54) is 0 Å². The van der Waals surface area contributed by atoms with Crippen LogP contribution in [0.5, 0.6) is 0 Å². The number of piperazine rings is 1. The number of carbonyl (C=O) groups is 2. The highest BCUT2D eigenvalue weighted by Gasteiger charge is 2.65. The van der Waals surface area contributed by atoms with E-state index in [1.807, 2.05) is 17.0 Å². The average molecular weight is 491 g/mol. The van der Waals surface area contributed by atoms with Gasteiger partial charge in [-0.05, 0) is 54.9 Å². The molecular formula is C25H38N4O4S. The number of ketones is 1. The molecule has 2 aliphatic carbocycles. The lowest BCUT2D eigenvalue weighted by Gasteiger charge is -2.36. The van der Waals surface area contributed by atoms with Gasteiger partial charge in [0.2, 0.25) is 10.0 Å². The first-order valence-electron chi connectivity index (χ1n) is 12.5. The molecular weight excluding hydrogens is 452 g/mol. The minimum atomic E-state index is -3.67. The summed E-state index contributed by atoms with van der Waals surface area (Å²) in [5.74, 6) is 0.247. The number of unbranched alkanes of at least 4 members (excludes halogenated alkanes) is 1. The summed E-state index contributed by atoms with van der Waals surface area (Å²) in [6.07, 6.45) is 4.13. The molecule has 3 fully saturated rings. The number of rotatable bonds is 8. The third kappa shape index (κ3) is 4.63. The van der Waals surface area contributed by atoms with Crippen molar-refractivity contribution in [2.75, 3.05) is 48.1 Å². The standard InChI is InChI=1S/C25H38N4O4S/c1-4-5-12-26-23(31)29-15-13-28(14-16-29)21-8-6-20(7-9-21)27-34(32,33)18-25-11-10-19(17-22(25)30)24(25,2)3/h6-9,19,27H,4-5,10-18H2,1-3H3,(H,26,31). The molecule has 1 aromatic rings. The summed E-state index contributed by atoms with van der Waals surface area (Å²) in [6, 6.07) is 7.35. The number of anilines is 2. The molecule has 1 heterocycles. The zero-order valence-corrected chi connectivity index (χ0v) is 21.4. The molecule has 9 heteroatoms. The monoisotopic (exact) mass is 490 g/mol. The van der Waals surface area contributed by atoms with Crippen molar-refractivity contribution < 1.29 is 18.0 Å². The van der Waals surface area contributed by atoms with Gasteiger partial charge in [0.15, 0.2) is 0 Å². The highest BCUT2D eigenvalue weighted by molar-refractivity contribution is 7.92. The maximum absolute atomic E-state index is 13.0. The van der Waals surface area contributed by atoms with Gasteiger partial charge in [-0.25, -0.2) is 13.2 Å². The highest BCUT2D eigenvalue weighted by atomic mass is 32.2. The molecule has 188 valence electrons. The van der Waals surface area contributed by atoms with E-state index in [-0.39, 0.29) is 28.9 Å². The summed E-state index contributed by atoms with van der Waals surface area (Å²) in [5.41, 5.74) is 0.453. The number of urea groups is 1. The van der Waals surface area contributed by atoms with Crippen LogP contribution < -0.4 is 14.9 Å². The summed E-state index contributed by atoms with van der Waals surface area (Å²) in [7, 11) is -3.67. The number of Topliss-reactive ketones (excluding diaryl/α,β-unsaturated/α-hetero) is 1. The molecule has 2 saturated carbocycles. The molecule has 8 nitrogen and oxygen atoms in total. The number of nitrogens with zero attached hydrogens (tertiary/aromatic N) is 2. The van der Waals surface area contributed by atoms with Crippen LogP contribution in [0.15, 0.2) is 24.3 Å². The van der Waals surface area contributed by atoms with Crippen LogP contribution in [-0.2, 0) is 14.8 Å². The van der Waals surface area contributed by atoms with Gasteiger partial charge < -0.3 is 15.1 Å². The topological polar surface area (TPSA) is 98.8 Å². The van der Waals surface area contributed by atoms with Crippen LogP contribution in [0.1, 0.15) is 52.9 Å². The van der Waals surface area contributed by atoms with Crippen molar-refractivity contribution in [3.8, 4) is 0 Å². The van der Waals surface area contributed by atoms with E-state index in [4.69, 9.17) is 0 Å². The predicted molar refractivity (Wildman–Crippen MR) is 135 cm³/mol. The first-order chi connectivity index (χ1) is 16.1. The van der Waals surface area contributed by atoms with Gasteiger partial charge in [-0.2, -0.15) is 0 Å². The zero-order chi connectivity index (χ0) is 24.6. The molecule has 2 unspecified atom stereocenters. The number of benzene rings is 1. The third-order valence-corrected chi connectivity index (χ3v) is 9.87. The number of hydrogen-bond donors (Lipinski definition) is 2. The van der Waals surface area contributed by atoms with E-state index >= 15 is 0 Å². The molecule has 1 aliphatic heterocycles. The molecule has 2 amide bonds. The molecule has 2 bridgehead atoms. The molecule has 0 spiro atoms. The second-order valence-electron chi connectivity index (χ2n) is 10.6. The summed E-state index contributed by atoms with van der Waals surface area (Å²) >= 11 is 0. The van der Waals surface area contributed by atoms with Gasteiger partial charge in [-0.1, -0.05) is 27.2 Å². The van der Waals surface area contributed by atoms with Crippen LogP contribution in [0.4, 0.5) is 16.2 Å². The number of hydrogen-bond acceptors (Lipinski definition) is 5. The molecule has 2 N–H and O–H groups in total. The van der Waals surface area contributed by atoms with Crippen molar-refractivity contribution in [3.05, 3.63) is 24.3 Å². The van der Waals surface area contributed by atoms with Crippen LogP contribution in [0, 0.1) is 16.7 Å². The van der Waals surface area contributed by atoms with Crippen molar-refractivity contribution in [3.63, 3.8) is 0 Å². The minimum Gasteiger partial charge on any atom is -0.368 e. The van der Waals surface area contributed by atoms with Crippen LogP contribution in [-0.4, -0.2) is 63.6 Å². The number of carbonyl (C=O) groups excluding carboxylic acids is 2. The van der Waals surface area contributed by atoms with Crippen molar-refractivity contribution in [1.82, 2.24) is 10.2 Å². The van der Waals surface area contributed by atoms with Crippen LogP contribution in [0.2, 0.25) is 0 Å². The Hall–Kier alpha value is -2.29. The largest absolute Gasteiger partial charge is 0.368 e. The quantitative estimate of drug-likeness (QED) is 0.544. The summed E-state index contributed by atoms with van der Waals surface area (Å²) < 4.78 is 28.8.